The zero-order chi connectivity index (χ0) is 10.5. The molecule has 2 aromatic carbocycles. The van der Waals surface area contributed by atoms with Gasteiger partial charge in [-0.15, -0.1) is 0 Å². The average molecular weight is 196 g/mol. The number of allylic oxidation sites excluding steroid dienone is 1. The molecule has 0 heteroatoms. The first-order chi connectivity index (χ1) is 7.40. The molecule has 0 N–H and O–H groups in total. The van der Waals surface area contributed by atoms with Crippen molar-refractivity contribution in [3.05, 3.63) is 54.1 Å². The molecular formula is C15H16. The van der Waals surface area contributed by atoms with E-state index >= 15 is 0 Å². The number of rotatable bonds is 3. The molecule has 2 aromatic rings. The third-order valence-electron chi connectivity index (χ3n) is 2.54. The van der Waals surface area contributed by atoms with Crippen molar-refractivity contribution in [2.24, 2.45) is 0 Å². The summed E-state index contributed by atoms with van der Waals surface area (Å²) < 4.78 is 0. The highest BCUT2D eigenvalue weighted by molar-refractivity contribution is 5.84. The molecule has 0 aliphatic heterocycles. The molecule has 0 bridgehead atoms. The van der Waals surface area contributed by atoms with Crippen LogP contribution in [0.4, 0.5) is 0 Å². The van der Waals surface area contributed by atoms with E-state index in [1.165, 1.54) is 22.8 Å². The molecule has 0 aromatic heterocycles. The first kappa shape index (κ1) is 9.97. The highest BCUT2D eigenvalue weighted by Crippen LogP contribution is 2.16. The zero-order valence-corrected chi connectivity index (χ0v) is 9.11. The van der Waals surface area contributed by atoms with E-state index in [1.54, 1.807) is 0 Å². The lowest BCUT2D eigenvalue weighted by Gasteiger charge is -1.98. The molecule has 0 radical (unpaired) electrons. The van der Waals surface area contributed by atoms with Gasteiger partial charge in [0.05, 0.1) is 0 Å². The van der Waals surface area contributed by atoms with Crippen molar-refractivity contribution in [3.8, 4) is 0 Å². The Morgan fingerprint density at radius 2 is 1.80 bits per heavy atom. The van der Waals surface area contributed by atoms with Crippen LogP contribution < -0.4 is 0 Å². The summed E-state index contributed by atoms with van der Waals surface area (Å²) in [7, 11) is 0. The Bertz CT molecular complexity index is 466. The summed E-state index contributed by atoms with van der Waals surface area (Å²) in [5.41, 5.74) is 1.29. The lowest BCUT2D eigenvalue weighted by atomic mass is 10.1. The minimum absolute atomic E-state index is 1.16. The summed E-state index contributed by atoms with van der Waals surface area (Å²) in [6, 6.07) is 15.1. The van der Waals surface area contributed by atoms with E-state index in [4.69, 9.17) is 0 Å². The SMILES string of the molecule is CCCC=Cc1ccc2ccccc2c1. The van der Waals surface area contributed by atoms with E-state index in [2.05, 4.69) is 61.5 Å². The summed E-state index contributed by atoms with van der Waals surface area (Å²) in [5, 5.41) is 2.63. The molecule has 0 unspecified atom stereocenters. The number of hydrogen-bond acceptors (Lipinski definition) is 0. The molecule has 2 rings (SSSR count). The summed E-state index contributed by atoms with van der Waals surface area (Å²) in [6.07, 6.45) is 6.82. The fourth-order valence-corrected chi connectivity index (χ4v) is 1.70. The lowest BCUT2D eigenvalue weighted by Crippen LogP contribution is -1.74. The molecule has 0 nitrogen and oxygen atoms in total. The van der Waals surface area contributed by atoms with Gasteiger partial charge < -0.3 is 0 Å². The van der Waals surface area contributed by atoms with Crippen LogP contribution in [0.5, 0.6) is 0 Å². The van der Waals surface area contributed by atoms with Crippen LogP contribution in [0.3, 0.4) is 0 Å². The van der Waals surface area contributed by atoms with E-state index in [-0.39, 0.29) is 0 Å². The topological polar surface area (TPSA) is 0 Å². The van der Waals surface area contributed by atoms with Gasteiger partial charge in [-0.1, -0.05) is 61.9 Å². The molecule has 0 aliphatic rings. The standard InChI is InChI=1S/C15H16/c1-2-3-4-7-13-10-11-14-8-5-6-9-15(14)12-13/h4-12H,2-3H2,1H3. The Balaban J connectivity index is 2.30. The van der Waals surface area contributed by atoms with Crippen LogP contribution in [0.1, 0.15) is 25.3 Å². The molecule has 76 valence electrons. The third kappa shape index (κ3) is 2.47. The summed E-state index contributed by atoms with van der Waals surface area (Å²) in [6.45, 7) is 2.20. The van der Waals surface area contributed by atoms with Gasteiger partial charge in [0, 0.05) is 0 Å². The fraction of sp³-hybridized carbons (Fsp3) is 0.200. The molecule has 0 atom stereocenters. The predicted octanol–water partition coefficient (Wildman–Crippen LogP) is 4.65. The molecule has 0 amide bonds. The second kappa shape index (κ2) is 4.79. The van der Waals surface area contributed by atoms with E-state index < -0.39 is 0 Å². The van der Waals surface area contributed by atoms with E-state index in [0.29, 0.717) is 0 Å². The lowest BCUT2D eigenvalue weighted by molar-refractivity contribution is 0.962. The van der Waals surface area contributed by atoms with Crippen LogP contribution in [-0.2, 0) is 0 Å². The van der Waals surface area contributed by atoms with E-state index in [0.717, 1.165) is 6.42 Å². The van der Waals surface area contributed by atoms with Crippen molar-refractivity contribution in [2.45, 2.75) is 19.8 Å². The minimum Gasteiger partial charge on any atom is -0.0840 e. The van der Waals surface area contributed by atoms with Gasteiger partial charge in [0.1, 0.15) is 0 Å². The first-order valence-corrected chi connectivity index (χ1v) is 5.55. The van der Waals surface area contributed by atoms with E-state index in [9.17, 15) is 0 Å². The number of fused-ring (bicyclic) bond motifs is 1. The monoisotopic (exact) mass is 196 g/mol. The second-order valence-corrected chi connectivity index (χ2v) is 3.80. The van der Waals surface area contributed by atoms with Crippen molar-refractivity contribution in [3.63, 3.8) is 0 Å². The molecule has 0 fully saturated rings. The Labute approximate surface area is 91.2 Å². The summed E-state index contributed by atoms with van der Waals surface area (Å²) in [5.74, 6) is 0. The van der Waals surface area contributed by atoms with Crippen LogP contribution in [0.2, 0.25) is 0 Å². The Morgan fingerprint density at radius 3 is 2.60 bits per heavy atom. The van der Waals surface area contributed by atoms with Crippen LogP contribution in [0.25, 0.3) is 16.8 Å². The molecule has 0 heterocycles. The van der Waals surface area contributed by atoms with Gasteiger partial charge in [-0.3, -0.25) is 0 Å². The van der Waals surface area contributed by atoms with Crippen LogP contribution in [0.15, 0.2) is 48.5 Å². The van der Waals surface area contributed by atoms with Crippen LogP contribution >= 0.6 is 0 Å². The Hall–Kier alpha value is -1.56. The number of unbranched alkanes of at least 4 members (excludes halogenated alkanes) is 1. The third-order valence-corrected chi connectivity index (χ3v) is 2.54. The quantitative estimate of drug-likeness (QED) is 0.670. The number of hydrogen-bond donors (Lipinski definition) is 0. The Morgan fingerprint density at radius 1 is 1.00 bits per heavy atom. The van der Waals surface area contributed by atoms with Crippen molar-refractivity contribution in [1.29, 1.82) is 0 Å². The van der Waals surface area contributed by atoms with Gasteiger partial charge in [0.2, 0.25) is 0 Å². The van der Waals surface area contributed by atoms with Crippen molar-refractivity contribution < 1.29 is 0 Å². The van der Waals surface area contributed by atoms with Crippen molar-refractivity contribution >= 4 is 16.8 Å². The molecular weight excluding hydrogens is 180 g/mol. The highest BCUT2D eigenvalue weighted by atomic mass is 14.0. The fourth-order valence-electron chi connectivity index (χ4n) is 1.70. The number of benzene rings is 2. The summed E-state index contributed by atoms with van der Waals surface area (Å²) >= 11 is 0. The van der Waals surface area contributed by atoms with Gasteiger partial charge in [0.15, 0.2) is 0 Å². The predicted molar refractivity (Wildman–Crippen MR) is 67.9 cm³/mol. The Kier molecular flexibility index (Phi) is 3.18. The van der Waals surface area contributed by atoms with Crippen LogP contribution in [0, 0.1) is 0 Å². The van der Waals surface area contributed by atoms with Crippen LogP contribution in [-0.4, -0.2) is 0 Å². The smallest absolute Gasteiger partial charge is 0.0178 e. The molecule has 0 aliphatic carbocycles. The maximum Gasteiger partial charge on any atom is -0.0178 e. The zero-order valence-electron chi connectivity index (χ0n) is 9.11. The van der Waals surface area contributed by atoms with Gasteiger partial charge in [-0.05, 0) is 28.8 Å². The molecule has 0 spiro atoms. The molecule has 0 saturated heterocycles. The minimum atomic E-state index is 1.16. The second-order valence-electron chi connectivity index (χ2n) is 3.80. The van der Waals surface area contributed by atoms with E-state index in [1.807, 2.05) is 0 Å². The van der Waals surface area contributed by atoms with Crippen molar-refractivity contribution in [1.82, 2.24) is 0 Å². The molecule has 0 saturated carbocycles. The molecule has 15 heavy (non-hydrogen) atoms. The highest BCUT2D eigenvalue weighted by Gasteiger charge is 1.92. The first-order valence-electron chi connectivity index (χ1n) is 5.55. The summed E-state index contributed by atoms with van der Waals surface area (Å²) in [4.78, 5) is 0. The van der Waals surface area contributed by atoms with Gasteiger partial charge in [-0.2, -0.15) is 0 Å². The maximum atomic E-state index is 2.24. The van der Waals surface area contributed by atoms with Crippen molar-refractivity contribution in [2.75, 3.05) is 0 Å². The normalized spacial score (nSPS) is 11.3. The average Bonchev–Trinajstić information content (AvgIpc) is 2.29. The van der Waals surface area contributed by atoms with Gasteiger partial charge >= 0.3 is 0 Å². The largest absolute Gasteiger partial charge is 0.0840 e. The van der Waals surface area contributed by atoms with Gasteiger partial charge in [-0.25, -0.2) is 0 Å². The van der Waals surface area contributed by atoms with Gasteiger partial charge in [0.25, 0.3) is 0 Å². The maximum absolute atomic E-state index is 2.24.